The van der Waals surface area contributed by atoms with E-state index in [2.05, 4.69) is 5.32 Å². The van der Waals surface area contributed by atoms with Crippen LogP contribution in [0.5, 0.6) is 0 Å². The molecule has 0 saturated heterocycles. The van der Waals surface area contributed by atoms with Crippen molar-refractivity contribution in [1.29, 1.82) is 0 Å². The topological polar surface area (TPSA) is 32.3 Å². The van der Waals surface area contributed by atoms with Gasteiger partial charge in [0.25, 0.3) is 0 Å². The summed E-state index contributed by atoms with van der Waals surface area (Å²) in [6.07, 6.45) is 0.226. The van der Waals surface area contributed by atoms with E-state index in [1.165, 1.54) is 12.1 Å². The molecule has 90 valence electrons. The molecule has 0 aromatic heterocycles. The molecule has 1 aromatic rings. The summed E-state index contributed by atoms with van der Waals surface area (Å²) in [7, 11) is 0. The maximum Gasteiger partial charge on any atom is 0.126 e. The lowest BCUT2D eigenvalue weighted by Crippen LogP contribution is -2.28. The zero-order valence-corrected chi connectivity index (χ0v) is 9.50. The van der Waals surface area contributed by atoms with Crippen LogP contribution in [0.2, 0.25) is 0 Å². The number of aliphatic hydroxyl groups excluding tert-OH is 1. The Morgan fingerprint density at radius 2 is 1.75 bits per heavy atom. The summed E-state index contributed by atoms with van der Waals surface area (Å²) in [4.78, 5) is 0. The molecule has 0 aliphatic heterocycles. The van der Waals surface area contributed by atoms with Crippen LogP contribution >= 0.6 is 0 Å². The molecule has 0 fully saturated rings. The van der Waals surface area contributed by atoms with Gasteiger partial charge in [0.05, 0.1) is 6.10 Å². The summed E-state index contributed by atoms with van der Waals surface area (Å²) < 4.78 is 25.7. The first-order valence-electron chi connectivity index (χ1n) is 5.34. The van der Waals surface area contributed by atoms with Crippen LogP contribution in [0.25, 0.3) is 0 Å². The summed E-state index contributed by atoms with van der Waals surface area (Å²) >= 11 is 0. The van der Waals surface area contributed by atoms with Gasteiger partial charge >= 0.3 is 0 Å². The quantitative estimate of drug-likeness (QED) is 0.811. The van der Waals surface area contributed by atoms with Crippen LogP contribution in [0.3, 0.4) is 0 Å². The lowest BCUT2D eigenvalue weighted by molar-refractivity contribution is 0.170. The Labute approximate surface area is 94.3 Å². The fourth-order valence-electron chi connectivity index (χ4n) is 1.60. The number of aliphatic hydroxyl groups is 1. The smallest absolute Gasteiger partial charge is 0.126 e. The second-order valence-corrected chi connectivity index (χ2v) is 4.14. The van der Waals surface area contributed by atoms with Crippen molar-refractivity contribution >= 4 is 0 Å². The Kier molecular flexibility index (Phi) is 4.83. The van der Waals surface area contributed by atoms with E-state index in [0.29, 0.717) is 18.5 Å². The first-order chi connectivity index (χ1) is 7.47. The molecule has 0 aliphatic carbocycles. The molecule has 0 spiro atoms. The SMILES string of the molecule is CC(O)CC(C)NCc1cc(F)cc(F)c1. The number of benzene rings is 1. The van der Waals surface area contributed by atoms with Crippen molar-refractivity contribution in [3.05, 3.63) is 35.4 Å². The molecule has 2 N–H and O–H groups in total. The standard InChI is InChI=1S/C12H17F2NO/c1-8(3-9(2)16)15-7-10-4-11(13)6-12(14)5-10/h4-6,8-9,15-16H,3,7H2,1-2H3. The van der Waals surface area contributed by atoms with Crippen molar-refractivity contribution in [3.8, 4) is 0 Å². The van der Waals surface area contributed by atoms with Gasteiger partial charge in [-0.15, -0.1) is 0 Å². The molecule has 4 heteroatoms. The van der Waals surface area contributed by atoms with Gasteiger partial charge in [-0.2, -0.15) is 0 Å². The molecule has 0 saturated carbocycles. The third kappa shape index (κ3) is 4.68. The molecule has 0 radical (unpaired) electrons. The Balaban J connectivity index is 2.48. The van der Waals surface area contributed by atoms with Gasteiger partial charge in [0.15, 0.2) is 0 Å². The largest absolute Gasteiger partial charge is 0.393 e. The number of nitrogens with one attached hydrogen (secondary N) is 1. The van der Waals surface area contributed by atoms with Crippen LogP contribution in [0, 0.1) is 11.6 Å². The highest BCUT2D eigenvalue weighted by Crippen LogP contribution is 2.08. The van der Waals surface area contributed by atoms with Crippen LogP contribution in [0.4, 0.5) is 8.78 Å². The van der Waals surface area contributed by atoms with Crippen molar-refractivity contribution in [3.63, 3.8) is 0 Å². The van der Waals surface area contributed by atoms with Gasteiger partial charge in [0.1, 0.15) is 11.6 Å². The Morgan fingerprint density at radius 1 is 1.19 bits per heavy atom. The molecular formula is C12H17F2NO. The minimum absolute atomic E-state index is 0.103. The first kappa shape index (κ1) is 13.1. The maximum atomic E-state index is 12.9. The molecular weight excluding hydrogens is 212 g/mol. The Hall–Kier alpha value is -1.00. The number of rotatable bonds is 5. The van der Waals surface area contributed by atoms with Crippen molar-refractivity contribution in [2.45, 2.75) is 39.0 Å². The summed E-state index contributed by atoms with van der Waals surface area (Å²) in [6, 6.07) is 3.55. The predicted octanol–water partition coefficient (Wildman–Crippen LogP) is 2.21. The van der Waals surface area contributed by atoms with Gasteiger partial charge in [-0.1, -0.05) is 0 Å². The van der Waals surface area contributed by atoms with Gasteiger partial charge in [0.2, 0.25) is 0 Å². The number of halogens is 2. The second-order valence-electron chi connectivity index (χ2n) is 4.14. The van der Waals surface area contributed by atoms with Crippen LogP contribution in [-0.4, -0.2) is 17.3 Å². The van der Waals surface area contributed by atoms with Gasteiger partial charge < -0.3 is 10.4 Å². The normalized spacial score (nSPS) is 14.8. The monoisotopic (exact) mass is 229 g/mol. The van der Waals surface area contributed by atoms with E-state index in [-0.39, 0.29) is 12.1 Å². The van der Waals surface area contributed by atoms with Crippen molar-refractivity contribution < 1.29 is 13.9 Å². The van der Waals surface area contributed by atoms with Crippen LogP contribution in [0.15, 0.2) is 18.2 Å². The Morgan fingerprint density at radius 3 is 2.25 bits per heavy atom. The highest BCUT2D eigenvalue weighted by atomic mass is 19.1. The fourth-order valence-corrected chi connectivity index (χ4v) is 1.60. The van der Waals surface area contributed by atoms with Crippen LogP contribution in [-0.2, 0) is 6.54 Å². The summed E-state index contributed by atoms with van der Waals surface area (Å²) in [5, 5.41) is 12.2. The second kappa shape index (κ2) is 5.92. The Bertz CT molecular complexity index is 322. The highest BCUT2D eigenvalue weighted by molar-refractivity contribution is 5.17. The molecule has 1 rings (SSSR count). The van der Waals surface area contributed by atoms with E-state index >= 15 is 0 Å². The molecule has 0 heterocycles. The summed E-state index contributed by atoms with van der Waals surface area (Å²) in [5.74, 6) is -1.14. The van der Waals surface area contributed by atoms with Crippen LogP contribution in [0.1, 0.15) is 25.8 Å². The van der Waals surface area contributed by atoms with Gasteiger partial charge in [-0.25, -0.2) is 8.78 Å². The molecule has 2 unspecified atom stereocenters. The average molecular weight is 229 g/mol. The fraction of sp³-hybridized carbons (Fsp3) is 0.500. The predicted molar refractivity (Wildman–Crippen MR) is 59.0 cm³/mol. The zero-order chi connectivity index (χ0) is 12.1. The van der Waals surface area contributed by atoms with E-state index in [9.17, 15) is 8.78 Å². The average Bonchev–Trinajstić information content (AvgIpc) is 2.12. The molecule has 16 heavy (non-hydrogen) atoms. The van der Waals surface area contributed by atoms with Crippen molar-refractivity contribution in [1.82, 2.24) is 5.32 Å². The van der Waals surface area contributed by atoms with Gasteiger partial charge in [-0.3, -0.25) is 0 Å². The molecule has 0 aliphatic rings. The molecule has 0 bridgehead atoms. The molecule has 2 atom stereocenters. The summed E-state index contributed by atoms with van der Waals surface area (Å²) in [5.41, 5.74) is 0.565. The molecule has 0 amide bonds. The lowest BCUT2D eigenvalue weighted by atomic mass is 10.1. The number of hydrogen-bond donors (Lipinski definition) is 2. The maximum absolute atomic E-state index is 12.9. The highest BCUT2D eigenvalue weighted by Gasteiger charge is 2.06. The lowest BCUT2D eigenvalue weighted by Gasteiger charge is -2.15. The van der Waals surface area contributed by atoms with Gasteiger partial charge in [-0.05, 0) is 38.0 Å². The van der Waals surface area contributed by atoms with E-state index < -0.39 is 11.6 Å². The van der Waals surface area contributed by atoms with Crippen molar-refractivity contribution in [2.75, 3.05) is 0 Å². The van der Waals surface area contributed by atoms with E-state index in [4.69, 9.17) is 5.11 Å². The van der Waals surface area contributed by atoms with Gasteiger partial charge in [0, 0.05) is 18.7 Å². The number of hydrogen-bond acceptors (Lipinski definition) is 2. The van der Waals surface area contributed by atoms with E-state index in [1.54, 1.807) is 6.92 Å². The van der Waals surface area contributed by atoms with Crippen molar-refractivity contribution in [2.24, 2.45) is 0 Å². The van der Waals surface area contributed by atoms with E-state index in [0.717, 1.165) is 6.07 Å². The first-order valence-corrected chi connectivity index (χ1v) is 5.34. The minimum Gasteiger partial charge on any atom is -0.393 e. The summed E-state index contributed by atoms with van der Waals surface area (Å²) in [6.45, 7) is 4.02. The third-order valence-electron chi connectivity index (χ3n) is 2.27. The molecule has 2 nitrogen and oxygen atoms in total. The van der Waals surface area contributed by atoms with E-state index in [1.807, 2.05) is 6.92 Å². The molecule has 1 aromatic carbocycles. The minimum atomic E-state index is -0.569. The third-order valence-corrected chi connectivity index (χ3v) is 2.27. The zero-order valence-electron chi connectivity index (χ0n) is 9.50. The van der Waals surface area contributed by atoms with Crippen LogP contribution < -0.4 is 5.32 Å².